The highest BCUT2D eigenvalue weighted by Crippen LogP contribution is 2.44. The summed E-state index contributed by atoms with van der Waals surface area (Å²) in [5.74, 6) is 1.04. The van der Waals surface area contributed by atoms with Gasteiger partial charge in [-0.2, -0.15) is 0 Å². The zero-order valence-electron chi connectivity index (χ0n) is 20.7. The smallest absolute Gasteiger partial charge is 0.434 e. The summed E-state index contributed by atoms with van der Waals surface area (Å²) in [6.45, 7) is 4.99. The number of unbranched alkanes of at least 4 members (excludes halogenated alkanes) is 6. The third-order valence-corrected chi connectivity index (χ3v) is 6.24. The summed E-state index contributed by atoms with van der Waals surface area (Å²) in [6, 6.07) is 7.54. The molecule has 6 nitrogen and oxygen atoms in total. The molecule has 2 aromatic carbocycles. The number of fused-ring (bicyclic) bond motifs is 2. The Morgan fingerprint density at radius 2 is 1.12 bits per heavy atom. The molecule has 186 valence electrons. The van der Waals surface area contributed by atoms with E-state index in [0.717, 1.165) is 98.9 Å². The van der Waals surface area contributed by atoms with Gasteiger partial charge in [0.1, 0.15) is 11.5 Å². The average molecular weight is 471 g/mol. The summed E-state index contributed by atoms with van der Waals surface area (Å²) < 4.78 is 22.2. The molecular formula is C28H38O6. The first-order valence-corrected chi connectivity index (χ1v) is 12.9. The largest absolute Gasteiger partial charge is 0.513 e. The standard InChI is InChI=1S/C28H38O6/c1-3-5-7-13-19-31-27(29)33-25-21-15-9-11-17-23(21)26(24-18-12-10-16-22(24)25)34-28(30)32-20-14-8-6-4-2/h9,11,15,17H,3-8,10,12-14,16,18-20H2,1-2H3. The third-order valence-electron chi connectivity index (χ3n) is 6.24. The fraction of sp³-hybridized carbons (Fsp3) is 0.571. The first kappa shape index (κ1) is 25.9. The van der Waals surface area contributed by atoms with E-state index in [-0.39, 0.29) is 0 Å². The number of hydrogen-bond donors (Lipinski definition) is 0. The zero-order valence-corrected chi connectivity index (χ0v) is 20.7. The lowest BCUT2D eigenvalue weighted by Gasteiger charge is -2.24. The van der Waals surface area contributed by atoms with Crippen LogP contribution in [-0.2, 0) is 22.3 Å². The van der Waals surface area contributed by atoms with Crippen molar-refractivity contribution in [2.75, 3.05) is 13.2 Å². The van der Waals surface area contributed by atoms with Gasteiger partial charge < -0.3 is 18.9 Å². The first-order chi connectivity index (χ1) is 16.7. The summed E-state index contributed by atoms with van der Waals surface area (Å²) in [7, 11) is 0. The quantitative estimate of drug-likeness (QED) is 0.178. The van der Waals surface area contributed by atoms with Crippen LogP contribution in [0.3, 0.4) is 0 Å². The van der Waals surface area contributed by atoms with Gasteiger partial charge in [0.05, 0.1) is 13.2 Å². The molecule has 0 aliphatic heterocycles. The van der Waals surface area contributed by atoms with E-state index >= 15 is 0 Å². The number of ether oxygens (including phenoxy) is 4. The number of benzene rings is 2. The zero-order chi connectivity index (χ0) is 24.2. The van der Waals surface area contributed by atoms with Crippen molar-refractivity contribution in [1.82, 2.24) is 0 Å². The lowest BCUT2D eigenvalue weighted by molar-refractivity contribution is 0.0951. The van der Waals surface area contributed by atoms with E-state index in [1.807, 2.05) is 24.3 Å². The van der Waals surface area contributed by atoms with Crippen molar-refractivity contribution in [3.05, 3.63) is 35.4 Å². The van der Waals surface area contributed by atoms with Crippen molar-refractivity contribution < 1.29 is 28.5 Å². The molecule has 0 atom stereocenters. The van der Waals surface area contributed by atoms with Crippen molar-refractivity contribution in [1.29, 1.82) is 0 Å². The highest BCUT2D eigenvalue weighted by Gasteiger charge is 2.27. The van der Waals surface area contributed by atoms with Gasteiger partial charge in [-0.3, -0.25) is 0 Å². The van der Waals surface area contributed by atoms with Crippen molar-refractivity contribution >= 4 is 23.1 Å². The lowest BCUT2D eigenvalue weighted by atomic mass is 9.87. The van der Waals surface area contributed by atoms with Crippen LogP contribution in [0.25, 0.3) is 10.8 Å². The predicted molar refractivity (Wildman–Crippen MR) is 133 cm³/mol. The van der Waals surface area contributed by atoms with Gasteiger partial charge in [-0.25, -0.2) is 9.59 Å². The van der Waals surface area contributed by atoms with Gasteiger partial charge in [0.2, 0.25) is 0 Å². The second-order valence-electron chi connectivity index (χ2n) is 8.89. The monoisotopic (exact) mass is 470 g/mol. The number of carbonyl (C=O) groups is 2. The normalized spacial score (nSPS) is 12.8. The van der Waals surface area contributed by atoms with Crippen LogP contribution in [0.2, 0.25) is 0 Å². The van der Waals surface area contributed by atoms with Gasteiger partial charge in [0, 0.05) is 21.9 Å². The highest BCUT2D eigenvalue weighted by molar-refractivity contribution is 5.98. The summed E-state index contributed by atoms with van der Waals surface area (Å²) in [5.41, 5.74) is 1.83. The molecular weight excluding hydrogens is 432 g/mol. The second-order valence-corrected chi connectivity index (χ2v) is 8.89. The van der Waals surface area contributed by atoms with Crippen LogP contribution in [0, 0.1) is 0 Å². The topological polar surface area (TPSA) is 71.1 Å². The Labute approximate surface area is 202 Å². The van der Waals surface area contributed by atoms with Gasteiger partial charge >= 0.3 is 12.3 Å². The molecule has 0 unspecified atom stereocenters. The van der Waals surface area contributed by atoms with Crippen molar-refractivity contribution in [3.63, 3.8) is 0 Å². The minimum absolute atomic E-state index is 0.351. The van der Waals surface area contributed by atoms with Gasteiger partial charge in [-0.05, 0) is 38.5 Å². The van der Waals surface area contributed by atoms with Crippen LogP contribution in [0.1, 0.15) is 89.2 Å². The van der Waals surface area contributed by atoms with Crippen molar-refractivity contribution in [2.24, 2.45) is 0 Å². The highest BCUT2D eigenvalue weighted by atomic mass is 16.7. The number of hydrogen-bond acceptors (Lipinski definition) is 6. The maximum atomic E-state index is 12.5. The summed E-state index contributed by atoms with van der Waals surface area (Å²) >= 11 is 0. The number of rotatable bonds is 12. The average Bonchev–Trinajstić information content (AvgIpc) is 2.85. The van der Waals surface area contributed by atoms with Gasteiger partial charge in [0.15, 0.2) is 0 Å². The van der Waals surface area contributed by atoms with E-state index in [4.69, 9.17) is 18.9 Å². The molecule has 0 radical (unpaired) electrons. The second kappa shape index (κ2) is 13.8. The van der Waals surface area contributed by atoms with Crippen LogP contribution in [0.5, 0.6) is 11.5 Å². The Bertz CT molecular complexity index is 875. The summed E-state index contributed by atoms with van der Waals surface area (Å²) in [4.78, 5) is 25.0. The maximum absolute atomic E-state index is 12.5. The molecule has 0 aromatic heterocycles. The van der Waals surface area contributed by atoms with Crippen LogP contribution in [0.15, 0.2) is 24.3 Å². The van der Waals surface area contributed by atoms with Crippen LogP contribution in [0.4, 0.5) is 9.59 Å². The third kappa shape index (κ3) is 7.12. The Kier molecular flexibility index (Phi) is 10.5. The molecule has 1 aliphatic carbocycles. The molecule has 3 rings (SSSR count). The molecule has 2 aromatic rings. The lowest BCUT2D eigenvalue weighted by Crippen LogP contribution is -2.17. The van der Waals surface area contributed by atoms with Crippen LogP contribution < -0.4 is 9.47 Å². The molecule has 0 saturated heterocycles. The molecule has 0 heterocycles. The summed E-state index contributed by atoms with van der Waals surface area (Å²) in [6.07, 6.45) is 10.3. The predicted octanol–water partition coefficient (Wildman–Crippen LogP) is 7.91. The van der Waals surface area contributed by atoms with Gasteiger partial charge in [-0.15, -0.1) is 0 Å². The Morgan fingerprint density at radius 1 is 0.676 bits per heavy atom. The van der Waals surface area contributed by atoms with E-state index in [2.05, 4.69) is 13.8 Å². The molecule has 0 saturated carbocycles. The fourth-order valence-electron chi connectivity index (χ4n) is 4.44. The van der Waals surface area contributed by atoms with Crippen molar-refractivity contribution in [3.8, 4) is 11.5 Å². The van der Waals surface area contributed by atoms with E-state index in [1.165, 1.54) is 0 Å². The van der Waals surface area contributed by atoms with E-state index in [0.29, 0.717) is 24.7 Å². The Morgan fingerprint density at radius 3 is 1.53 bits per heavy atom. The SMILES string of the molecule is CCCCCCOC(=O)Oc1c2c(c(OC(=O)OCCCCCC)c3ccccc13)CCCC2. The molecule has 6 heteroatoms. The molecule has 1 aliphatic rings. The van der Waals surface area contributed by atoms with Crippen LogP contribution in [-0.4, -0.2) is 25.5 Å². The number of carbonyl (C=O) groups excluding carboxylic acids is 2. The minimum atomic E-state index is -0.686. The fourth-order valence-corrected chi connectivity index (χ4v) is 4.44. The van der Waals surface area contributed by atoms with Gasteiger partial charge in [0.25, 0.3) is 0 Å². The van der Waals surface area contributed by atoms with E-state index in [1.54, 1.807) is 0 Å². The maximum Gasteiger partial charge on any atom is 0.513 e. The summed E-state index contributed by atoms with van der Waals surface area (Å²) in [5, 5.41) is 1.47. The van der Waals surface area contributed by atoms with Gasteiger partial charge in [-0.1, -0.05) is 76.6 Å². The first-order valence-electron chi connectivity index (χ1n) is 12.9. The molecule has 0 amide bonds. The van der Waals surface area contributed by atoms with Crippen molar-refractivity contribution in [2.45, 2.75) is 90.9 Å². The Balaban J connectivity index is 1.79. The molecule has 0 fully saturated rings. The Hall–Kier alpha value is -2.76. The molecule has 0 bridgehead atoms. The van der Waals surface area contributed by atoms with E-state index in [9.17, 15) is 9.59 Å². The van der Waals surface area contributed by atoms with Crippen LogP contribution >= 0.6 is 0 Å². The molecule has 0 spiro atoms. The van der Waals surface area contributed by atoms with E-state index < -0.39 is 12.3 Å². The minimum Gasteiger partial charge on any atom is -0.434 e. The molecule has 0 N–H and O–H groups in total. The molecule has 34 heavy (non-hydrogen) atoms.